The molecule has 0 atom stereocenters. The van der Waals surface area contributed by atoms with Crippen LogP contribution in [0, 0.1) is 11.6 Å². The molecule has 0 aliphatic rings. The van der Waals surface area contributed by atoms with Gasteiger partial charge in [0.15, 0.2) is 0 Å². The molecule has 0 aliphatic heterocycles. The van der Waals surface area contributed by atoms with E-state index in [1.165, 1.54) is 0 Å². The van der Waals surface area contributed by atoms with Crippen LogP contribution in [-0.4, -0.2) is 0 Å². The zero-order valence-electron chi connectivity index (χ0n) is 12.3. The molecule has 9 heteroatoms. The molecule has 0 spiro atoms. The average molecular weight is 370 g/mol. The summed E-state index contributed by atoms with van der Waals surface area (Å²) in [5.41, 5.74) is -2.72. The van der Waals surface area contributed by atoms with Crippen LogP contribution in [0.25, 0.3) is 0 Å². The Labute approximate surface area is 136 Å². The molecule has 0 radical (unpaired) electrons. The molecule has 0 N–H and O–H groups in total. The van der Waals surface area contributed by atoms with Crippen LogP contribution >= 0.6 is 0 Å². The Morgan fingerprint density at radius 2 is 1.00 bits per heavy atom. The molecule has 136 valence electrons. The van der Waals surface area contributed by atoms with E-state index < -0.39 is 48.3 Å². The lowest BCUT2D eigenvalue weighted by molar-refractivity contribution is -0.138. The molecule has 2 rings (SSSR count). The SMILES string of the molecule is Fc1cc(C(F)(F)F)ccc1COCc1ccc(C(F)(F)F)cc1F. The number of hydrogen-bond donors (Lipinski definition) is 0. The highest BCUT2D eigenvalue weighted by Gasteiger charge is 2.32. The summed E-state index contributed by atoms with van der Waals surface area (Å²) >= 11 is 0. The lowest BCUT2D eigenvalue weighted by Gasteiger charge is -2.11. The zero-order valence-corrected chi connectivity index (χ0v) is 12.3. The number of halogens is 8. The average Bonchev–Trinajstić information content (AvgIpc) is 2.48. The molecule has 2 aromatic carbocycles. The third-order valence-electron chi connectivity index (χ3n) is 3.28. The van der Waals surface area contributed by atoms with Crippen LogP contribution in [0.3, 0.4) is 0 Å². The van der Waals surface area contributed by atoms with E-state index in [0.29, 0.717) is 24.3 Å². The first kappa shape index (κ1) is 19.2. The van der Waals surface area contributed by atoms with Gasteiger partial charge in [-0.1, -0.05) is 12.1 Å². The molecule has 0 heterocycles. The van der Waals surface area contributed by atoms with Crippen LogP contribution in [0.1, 0.15) is 22.3 Å². The minimum absolute atomic E-state index is 0.194. The predicted octanol–water partition coefficient (Wildman–Crippen LogP) is 5.72. The van der Waals surface area contributed by atoms with Crippen molar-refractivity contribution in [3.63, 3.8) is 0 Å². The van der Waals surface area contributed by atoms with Crippen LogP contribution in [0.4, 0.5) is 35.1 Å². The number of hydrogen-bond acceptors (Lipinski definition) is 1. The van der Waals surface area contributed by atoms with Crippen LogP contribution in [-0.2, 0) is 30.3 Å². The fourth-order valence-electron chi connectivity index (χ4n) is 1.95. The first-order valence-corrected chi connectivity index (χ1v) is 6.77. The monoisotopic (exact) mass is 370 g/mol. The van der Waals surface area contributed by atoms with Crippen molar-refractivity contribution in [1.82, 2.24) is 0 Å². The lowest BCUT2D eigenvalue weighted by Crippen LogP contribution is -2.08. The molecule has 0 saturated heterocycles. The van der Waals surface area contributed by atoms with Gasteiger partial charge in [-0.15, -0.1) is 0 Å². The maximum absolute atomic E-state index is 13.6. The fraction of sp³-hybridized carbons (Fsp3) is 0.250. The predicted molar refractivity (Wildman–Crippen MR) is 71.3 cm³/mol. The summed E-state index contributed by atoms with van der Waals surface area (Å²) in [4.78, 5) is 0. The zero-order chi connectivity index (χ0) is 18.8. The third-order valence-corrected chi connectivity index (χ3v) is 3.28. The van der Waals surface area contributed by atoms with Gasteiger partial charge < -0.3 is 4.74 Å². The van der Waals surface area contributed by atoms with Crippen LogP contribution in [0.2, 0.25) is 0 Å². The Morgan fingerprint density at radius 3 is 1.28 bits per heavy atom. The van der Waals surface area contributed by atoms with Gasteiger partial charge in [0.05, 0.1) is 24.3 Å². The maximum atomic E-state index is 13.6. The Balaban J connectivity index is 2.02. The summed E-state index contributed by atoms with van der Waals surface area (Å²) in [6.07, 6.45) is -9.38. The Kier molecular flexibility index (Phi) is 5.36. The molecule has 0 amide bonds. The Bertz CT molecular complexity index is 685. The first-order chi connectivity index (χ1) is 11.5. The van der Waals surface area contributed by atoms with E-state index in [4.69, 9.17) is 4.74 Å². The summed E-state index contributed by atoms with van der Waals surface area (Å²) in [6.45, 7) is -0.936. The number of rotatable bonds is 4. The van der Waals surface area contributed by atoms with E-state index in [1.54, 1.807) is 0 Å². The Morgan fingerprint density at radius 1 is 0.640 bits per heavy atom. The second-order valence-corrected chi connectivity index (χ2v) is 5.10. The maximum Gasteiger partial charge on any atom is 0.416 e. The van der Waals surface area contributed by atoms with E-state index in [2.05, 4.69) is 0 Å². The largest absolute Gasteiger partial charge is 0.416 e. The van der Waals surface area contributed by atoms with Crippen molar-refractivity contribution in [2.24, 2.45) is 0 Å². The molecule has 2 aromatic rings. The number of alkyl halides is 6. The van der Waals surface area contributed by atoms with E-state index >= 15 is 0 Å². The van der Waals surface area contributed by atoms with Crippen LogP contribution in [0.15, 0.2) is 36.4 Å². The van der Waals surface area contributed by atoms with Crippen molar-refractivity contribution < 1.29 is 39.9 Å². The topological polar surface area (TPSA) is 9.23 Å². The summed E-state index contributed by atoms with van der Waals surface area (Å²) in [7, 11) is 0. The first-order valence-electron chi connectivity index (χ1n) is 6.77. The van der Waals surface area contributed by atoms with Gasteiger partial charge in [-0.05, 0) is 24.3 Å². The molecular formula is C16H10F8O. The number of benzene rings is 2. The van der Waals surface area contributed by atoms with E-state index in [1.807, 2.05) is 0 Å². The normalized spacial score (nSPS) is 12.5. The van der Waals surface area contributed by atoms with Gasteiger partial charge >= 0.3 is 12.4 Å². The molecule has 0 saturated carbocycles. The van der Waals surface area contributed by atoms with Crippen molar-refractivity contribution in [2.75, 3.05) is 0 Å². The second-order valence-electron chi connectivity index (χ2n) is 5.10. The van der Waals surface area contributed by atoms with Crippen molar-refractivity contribution in [2.45, 2.75) is 25.6 Å². The van der Waals surface area contributed by atoms with Crippen molar-refractivity contribution in [3.05, 3.63) is 70.3 Å². The van der Waals surface area contributed by atoms with Gasteiger partial charge in [0.25, 0.3) is 0 Å². The quantitative estimate of drug-likeness (QED) is 0.626. The summed E-state index contributed by atoms with van der Waals surface area (Å²) in [5.74, 6) is -2.30. The molecule has 25 heavy (non-hydrogen) atoms. The van der Waals surface area contributed by atoms with Crippen LogP contribution < -0.4 is 0 Å². The highest BCUT2D eigenvalue weighted by Crippen LogP contribution is 2.31. The van der Waals surface area contributed by atoms with Crippen LogP contribution in [0.5, 0.6) is 0 Å². The summed E-state index contributed by atoms with van der Waals surface area (Å²) in [5, 5.41) is 0. The van der Waals surface area contributed by atoms with Gasteiger partial charge in [0.1, 0.15) is 11.6 Å². The van der Waals surface area contributed by atoms with E-state index in [9.17, 15) is 35.1 Å². The van der Waals surface area contributed by atoms with Gasteiger partial charge in [-0.3, -0.25) is 0 Å². The molecule has 1 nitrogen and oxygen atoms in total. The molecule has 0 fully saturated rings. The highest BCUT2D eigenvalue weighted by molar-refractivity contribution is 5.27. The molecule has 0 unspecified atom stereocenters. The molecule has 0 aliphatic carbocycles. The van der Waals surface area contributed by atoms with Gasteiger partial charge in [0, 0.05) is 11.1 Å². The lowest BCUT2D eigenvalue weighted by atomic mass is 10.1. The van der Waals surface area contributed by atoms with E-state index in [-0.39, 0.29) is 11.1 Å². The third kappa shape index (κ3) is 4.91. The molecule has 0 aromatic heterocycles. The van der Waals surface area contributed by atoms with Gasteiger partial charge in [-0.25, -0.2) is 8.78 Å². The minimum Gasteiger partial charge on any atom is -0.372 e. The fourth-order valence-corrected chi connectivity index (χ4v) is 1.95. The second kappa shape index (κ2) is 6.99. The summed E-state index contributed by atoms with van der Waals surface area (Å²) < 4.78 is 107. The summed E-state index contributed by atoms with van der Waals surface area (Å²) in [6, 6.07) is 3.69. The minimum atomic E-state index is -4.69. The smallest absolute Gasteiger partial charge is 0.372 e. The van der Waals surface area contributed by atoms with Crippen molar-refractivity contribution in [3.8, 4) is 0 Å². The van der Waals surface area contributed by atoms with Crippen molar-refractivity contribution >= 4 is 0 Å². The molecule has 0 bridgehead atoms. The van der Waals surface area contributed by atoms with Gasteiger partial charge in [-0.2, -0.15) is 26.3 Å². The number of ether oxygens (including phenoxy) is 1. The van der Waals surface area contributed by atoms with E-state index in [0.717, 1.165) is 12.1 Å². The van der Waals surface area contributed by atoms with Crippen molar-refractivity contribution in [1.29, 1.82) is 0 Å². The Hall–Kier alpha value is -2.16. The molecular weight excluding hydrogens is 360 g/mol. The standard InChI is InChI=1S/C16H10F8O/c17-13-5-11(15(19,20)21)3-1-9(13)7-25-8-10-2-4-12(6-14(10)18)16(22,23)24/h1-6H,7-8H2. The highest BCUT2D eigenvalue weighted by atomic mass is 19.4. The van der Waals surface area contributed by atoms with Gasteiger partial charge in [0.2, 0.25) is 0 Å².